The zero-order valence-corrected chi connectivity index (χ0v) is 13.0. The zero-order chi connectivity index (χ0) is 15.4. The number of hydrogen-bond acceptors (Lipinski definition) is 3. The van der Waals surface area contributed by atoms with E-state index >= 15 is 0 Å². The lowest BCUT2D eigenvalue weighted by Gasteiger charge is -2.11. The third-order valence-electron chi connectivity index (χ3n) is 2.83. The van der Waals surface area contributed by atoms with E-state index < -0.39 is 11.7 Å². The molecule has 0 saturated heterocycles. The quantitative estimate of drug-likeness (QED) is 0.907. The summed E-state index contributed by atoms with van der Waals surface area (Å²) >= 11 is 3.06. The van der Waals surface area contributed by atoms with Crippen molar-refractivity contribution in [3.05, 3.63) is 52.3 Å². The molecule has 2 rings (SSSR count). The van der Waals surface area contributed by atoms with Crippen molar-refractivity contribution in [1.82, 2.24) is 0 Å². The molecule has 2 aromatic rings. The van der Waals surface area contributed by atoms with Crippen LogP contribution < -0.4 is 14.8 Å². The number of methoxy groups -OCH3 is 2. The van der Waals surface area contributed by atoms with E-state index in [9.17, 15) is 9.18 Å². The van der Waals surface area contributed by atoms with Crippen LogP contribution in [0.25, 0.3) is 0 Å². The second-order valence-corrected chi connectivity index (χ2v) is 5.00. The fraction of sp³-hybridized carbons (Fsp3) is 0.133. The van der Waals surface area contributed by atoms with Gasteiger partial charge in [-0.1, -0.05) is 0 Å². The summed E-state index contributed by atoms with van der Waals surface area (Å²) in [5.74, 6) is 0.0756. The topological polar surface area (TPSA) is 47.6 Å². The molecule has 0 unspecified atom stereocenters. The predicted octanol–water partition coefficient (Wildman–Crippen LogP) is 3.86. The summed E-state index contributed by atoms with van der Waals surface area (Å²) in [6.45, 7) is 0. The van der Waals surface area contributed by atoms with Gasteiger partial charge in [-0.3, -0.25) is 4.79 Å². The Labute approximate surface area is 130 Å². The number of anilines is 1. The van der Waals surface area contributed by atoms with Crippen molar-refractivity contribution < 1.29 is 18.7 Å². The van der Waals surface area contributed by atoms with Crippen molar-refractivity contribution in [3.63, 3.8) is 0 Å². The number of rotatable bonds is 4. The van der Waals surface area contributed by atoms with Gasteiger partial charge in [-0.05, 0) is 52.3 Å². The maximum absolute atomic E-state index is 13.5. The Bertz CT molecular complexity index is 676. The van der Waals surface area contributed by atoms with E-state index in [2.05, 4.69) is 21.2 Å². The van der Waals surface area contributed by atoms with Crippen LogP contribution in [-0.4, -0.2) is 20.1 Å². The van der Waals surface area contributed by atoms with E-state index in [4.69, 9.17) is 9.47 Å². The molecule has 0 aliphatic rings. The molecular formula is C15H13BrFNO3. The second-order valence-electron chi connectivity index (χ2n) is 4.15. The molecule has 0 aromatic heterocycles. The molecule has 0 atom stereocenters. The predicted molar refractivity (Wildman–Crippen MR) is 81.6 cm³/mol. The van der Waals surface area contributed by atoms with E-state index in [1.54, 1.807) is 24.3 Å². The summed E-state index contributed by atoms with van der Waals surface area (Å²) in [4.78, 5) is 12.3. The lowest BCUT2D eigenvalue weighted by atomic mass is 10.1. The fourth-order valence-corrected chi connectivity index (χ4v) is 2.01. The van der Waals surface area contributed by atoms with Gasteiger partial charge in [0, 0.05) is 5.69 Å². The summed E-state index contributed by atoms with van der Waals surface area (Å²) in [6.07, 6.45) is 0. The van der Waals surface area contributed by atoms with Gasteiger partial charge in [0.05, 0.1) is 24.3 Å². The van der Waals surface area contributed by atoms with Crippen LogP contribution in [0.4, 0.5) is 10.1 Å². The number of hydrogen-bond donors (Lipinski definition) is 1. The molecule has 21 heavy (non-hydrogen) atoms. The first kappa shape index (κ1) is 15.3. The van der Waals surface area contributed by atoms with Crippen LogP contribution >= 0.6 is 15.9 Å². The van der Waals surface area contributed by atoms with Gasteiger partial charge in [0.25, 0.3) is 5.91 Å². The van der Waals surface area contributed by atoms with Gasteiger partial charge in [0.2, 0.25) is 0 Å². The lowest BCUT2D eigenvalue weighted by Crippen LogP contribution is -2.13. The molecule has 0 spiro atoms. The van der Waals surface area contributed by atoms with Crippen LogP contribution in [0.3, 0.4) is 0 Å². The fourth-order valence-electron chi connectivity index (χ4n) is 1.76. The number of nitrogens with one attached hydrogen (secondary N) is 1. The van der Waals surface area contributed by atoms with Gasteiger partial charge in [-0.2, -0.15) is 0 Å². The normalized spacial score (nSPS) is 10.1. The third-order valence-corrected chi connectivity index (χ3v) is 3.47. The molecular weight excluding hydrogens is 341 g/mol. The SMILES string of the molecule is COc1ccc(OC)c(C(=O)Nc2ccc(Br)c(F)c2)c1. The molecule has 0 aliphatic heterocycles. The molecule has 1 N–H and O–H groups in total. The van der Waals surface area contributed by atoms with Gasteiger partial charge in [0.1, 0.15) is 17.3 Å². The highest BCUT2D eigenvalue weighted by molar-refractivity contribution is 9.10. The standard InChI is InChI=1S/C15H13BrFNO3/c1-20-10-4-6-14(21-2)11(8-10)15(19)18-9-3-5-12(16)13(17)7-9/h3-8H,1-2H3,(H,18,19). The van der Waals surface area contributed by atoms with Crippen molar-refractivity contribution in [3.8, 4) is 11.5 Å². The molecule has 0 fully saturated rings. The first-order chi connectivity index (χ1) is 10.0. The van der Waals surface area contributed by atoms with Crippen molar-refractivity contribution >= 4 is 27.5 Å². The zero-order valence-electron chi connectivity index (χ0n) is 11.4. The summed E-state index contributed by atoms with van der Waals surface area (Å²) in [5, 5.41) is 2.62. The summed E-state index contributed by atoms with van der Waals surface area (Å²) in [5.41, 5.74) is 0.658. The van der Waals surface area contributed by atoms with Crippen LogP contribution in [0, 0.1) is 5.82 Å². The van der Waals surface area contributed by atoms with Gasteiger partial charge < -0.3 is 14.8 Å². The van der Waals surface area contributed by atoms with E-state index in [-0.39, 0.29) is 0 Å². The highest BCUT2D eigenvalue weighted by Gasteiger charge is 2.14. The molecule has 2 aromatic carbocycles. The molecule has 0 aliphatic carbocycles. The van der Waals surface area contributed by atoms with Crippen LogP contribution in [0.2, 0.25) is 0 Å². The van der Waals surface area contributed by atoms with Gasteiger partial charge >= 0.3 is 0 Å². The summed E-state index contributed by atoms with van der Waals surface area (Å²) < 4.78 is 24.0. The summed E-state index contributed by atoms with van der Waals surface area (Å²) in [6, 6.07) is 9.23. The second kappa shape index (κ2) is 6.58. The maximum atomic E-state index is 13.5. The first-order valence-corrected chi connectivity index (χ1v) is 6.83. The summed E-state index contributed by atoms with van der Waals surface area (Å²) in [7, 11) is 2.98. The van der Waals surface area contributed by atoms with Crippen molar-refractivity contribution in [2.45, 2.75) is 0 Å². The van der Waals surface area contributed by atoms with Crippen molar-refractivity contribution in [2.24, 2.45) is 0 Å². The minimum atomic E-state index is -0.453. The number of amides is 1. The minimum absolute atomic E-state index is 0.306. The monoisotopic (exact) mass is 353 g/mol. The largest absolute Gasteiger partial charge is 0.497 e. The molecule has 0 saturated carbocycles. The van der Waals surface area contributed by atoms with Crippen LogP contribution in [0.1, 0.15) is 10.4 Å². The Balaban J connectivity index is 2.28. The minimum Gasteiger partial charge on any atom is -0.497 e. The molecule has 0 radical (unpaired) electrons. The van der Waals surface area contributed by atoms with Crippen LogP contribution in [0.15, 0.2) is 40.9 Å². The Morgan fingerprint density at radius 3 is 2.52 bits per heavy atom. The maximum Gasteiger partial charge on any atom is 0.259 e. The molecule has 1 amide bonds. The number of ether oxygens (including phenoxy) is 2. The Kier molecular flexibility index (Phi) is 4.80. The molecule has 110 valence electrons. The van der Waals surface area contributed by atoms with E-state index in [0.717, 1.165) is 0 Å². The van der Waals surface area contributed by atoms with Gasteiger partial charge in [-0.25, -0.2) is 4.39 Å². The smallest absolute Gasteiger partial charge is 0.259 e. The van der Waals surface area contributed by atoms with Crippen molar-refractivity contribution in [1.29, 1.82) is 0 Å². The van der Waals surface area contributed by atoms with Gasteiger partial charge in [-0.15, -0.1) is 0 Å². The number of carbonyl (C=O) groups excluding carboxylic acids is 1. The third kappa shape index (κ3) is 3.52. The highest BCUT2D eigenvalue weighted by Crippen LogP contribution is 2.25. The average Bonchev–Trinajstić information content (AvgIpc) is 2.50. The van der Waals surface area contributed by atoms with Gasteiger partial charge in [0.15, 0.2) is 0 Å². The molecule has 6 heteroatoms. The van der Waals surface area contributed by atoms with E-state index in [0.29, 0.717) is 27.2 Å². The van der Waals surface area contributed by atoms with Crippen LogP contribution in [-0.2, 0) is 0 Å². The first-order valence-electron chi connectivity index (χ1n) is 6.03. The molecule has 0 bridgehead atoms. The number of benzene rings is 2. The van der Waals surface area contributed by atoms with Crippen molar-refractivity contribution in [2.75, 3.05) is 19.5 Å². The Hall–Kier alpha value is -2.08. The van der Waals surface area contributed by atoms with Crippen LogP contribution in [0.5, 0.6) is 11.5 Å². The lowest BCUT2D eigenvalue weighted by molar-refractivity contribution is 0.102. The molecule has 4 nitrogen and oxygen atoms in total. The van der Waals surface area contributed by atoms with E-state index in [1.165, 1.54) is 26.4 Å². The highest BCUT2D eigenvalue weighted by atomic mass is 79.9. The van der Waals surface area contributed by atoms with E-state index in [1.807, 2.05) is 0 Å². The Morgan fingerprint density at radius 2 is 1.90 bits per heavy atom. The number of carbonyl (C=O) groups is 1. The molecule has 0 heterocycles. The average molecular weight is 354 g/mol. The number of halogens is 2. The Morgan fingerprint density at radius 1 is 1.14 bits per heavy atom.